The Balaban J connectivity index is 1.57. The van der Waals surface area contributed by atoms with Gasteiger partial charge in [0.05, 0.1) is 10.9 Å². The maximum atomic E-state index is 13.3. The fourth-order valence-electron chi connectivity index (χ4n) is 4.11. The minimum Gasteiger partial charge on any atom is -0.376 e. The first-order valence-corrected chi connectivity index (χ1v) is 13.0. The molecule has 2 aliphatic rings. The van der Waals surface area contributed by atoms with Crippen LogP contribution in [0.4, 0.5) is 18.9 Å². The second-order valence-electron chi connectivity index (χ2n) is 8.98. The van der Waals surface area contributed by atoms with E-state index in [9.17, 15) is 26.7 Å². The molecule has 2 fully saturated rings. The fraction of sp³-hybridized carbons (Fsp3) is 0.478. The molecular formula is C23H28F3N3O3S2. The van der Waals surface area contributed by atoms with E-state index >= 15 is 0 Å². The van der Waals surface area contributed by atoms with E-state index in [1.165, 1.54) is 22.5 Å². The van der Waals surface area contributed by atoms with E-state index in [1.807, 2.05) is 4.90 Å². The Bertz CT molecular complexity index is 1120. The molecule has 1 saturated heterocycles. The van der Waals surface area contributed by atoms with Crippen LogP contribution in [0.25, 0.3) is 0 Å². The number of anilines is 1. The molecule has 2 aromatic carbocycles. The van der Waals surface area contributed by atoms with Gasteiger partial charge in [0.15, 0.2) is 5.60 Å². The summed E-state index contributed by atoms with van der Waals surface area (Å²) in [6.07, 6.45) is -2.65. The Hall–Kier alpha value is -1.79. The zero-order valence-corrected chi connectivity index (χ0v) is 20.4. The van der Waals surface area contributed by atoms with Gasteiger partial charge in [-0.15, -0.1) is 12.6 Å². The lowest BCUT2D eigenvalue weighted by molar-refractivity contribution is -0.258. The van der Waals surface area contributed by atoms with Gasteiger partial charge in [0.2, 0.25) is 10.0 Å². The van der Waals surface area contributed by atoms with E-state index in [2.05, 4.69) is 17.9 Å². The van der Waals surface area contributed by atoms with E-state index < -0.39 is 21.8 Å². The monoisotopic (exact) mass is 515 g/mol. The lowest BCUT2D eigenvalue weighted by Crippen LogP contribution is -2.58. The topological polar surface area (TPSA) is 72.9 Å². The highest BCUT2D eigenvalue weighted by molar-refractivity contribution is 7.90. The minimum absolute atomic E-state index is 0.152. The number of alkyl halides is 3. The minimum atomic E-state index is -4.80. The standard InChI is InChI=1S/C23H28F3N3O3S2/c1-22(30,23(24,25)26)16-6-10-18(11-7-16)29-13-12-28(15-19(29)14-27-17-8-9-17)34(31,32)21-5-3-2-4-20(21)33/h2-7,10-11,17,19,27,30,33H,8-9,12-15H2,1H3/t19-,22?/m0/s1. The first-order valence-electron chi connectivity index (χ1n) is 11.1. The lowest BCUT2D eigenvalue weighted by atomic mass is 9.95. The number of halogens is 3. The number of sulfonamides is 1. The van der Waals surface area contributed by atoms with Crippen LogP contribution >= 0.6 is 12.6 Å². The van der Waals surface area contributed by atoms with E-state index in [0.717, 1.165) is 19.8 Å². The fourth-order valence-corrected chi connectivity index (χ4v) is 6.16. The van der Waals surface area contributed by atoms with Crippen molar-refractivity contribution in [1.82, 2.24) is 9.62 Å². The predicted molar refractivity (Wildman–Crippen MR) is 127 cm³/mol. The van der Waals surface area contributed by atoms with Gasteiger partial charge in [-0.3, -0.25) is 0 Å². The van der Waals surface area contributed by atoms with Gasteiger partial charge in [0.1, 0.15) is 0 Å². The molecule has 0 bridgehead atoms. The summed E-state index contributed by atoms with van der Waals surface area (Å²) in [5, 5.41) is 13.4. The molecule has 4 rings (SSSR count). The molecular weight excluding hydrogens is 487 g/mol. The van der Waals surface area contributed by atoms with Crippen LogP contribution in [0.1, 0.15) is 25.3 Å². The number of rotatable bonds is 7. The predicted octanol–water partition coefficient (Wildman–Crippen LogP) is 3.38. The van der Waals surface area contributed by atoms with Crippen LogP contribution in [-0.2, 0) is 15.6 Å². The van der Waals surface area contributed by atoms with Crippen LogP contribution < -0.4 is 10.2 Å². The summed E-state index contributed by atoms with van der Waals surface area (Å²) in [5.74, 6) is 0. The van der Waals surface area contributed by atoms with Crippen molar-refractivity contribution in [1.29, 1.82) is 0 Å². The highest BCUT2D eigenvalue weighted by Gasteiger charge is 2.51. The molecule has 2 atom stereocenters. The van der Waals surface area contributed by atoms with Crippen LogP contribution in [0.5, 0.6) is 0 Å². The van der Waals surface area contributed by atoms with Crippen molar-refractivity contribution in [3.8, 4) is 0 Å². The van der Waals surface area contributed by atoms with Crippen LogP contribution in [-0.4, -0.2) is 62.3 Å². The SMILES string of the molecule is CC(O)(c1ccc(N2CCN(S(=O)(=O)c3ccccc3S)C[C@@H]2CNC2CC2)cc1)C(F)(F)F. The van der Waals surface area contributed by atoms with E-state index in [4.69, 9.17) is 0 Å². The van der Waals surface area contributed by atoms with Crippen molar-refractivity contribution in [2.45, 2.75) is 53.4 Å². The number of aliphatic hydroxyl groups is 1. The van der Waals surface area contributed by atoms with Crippen LogP contribution in [0.15, 0.2) is 58.3 Å². The largest absolute Gasteiger partial charge is 0.421 e. The van der Waals surface area contributed by atoms with Crippen molar-refractivity contribution in [3.05, 3.63) is 54.1 Å². The number of benzene rings is 2. The third-order valence-electron chi connectivity index (χ3n) is 6.46. The van der Waals surface area contributed by atoms with Gasteiger partial charge in [0, 0.05) is 42.8 Å². The number of piperazine rings is 1. The Morgan fingerprint density at radius 1 is 1.09 bits per heavy atom. The zero-order chi connectivity index (χ0) is 24.7. The molecule has 1 unspecified atom stereocenters. The molecule has 2 N–H and O–H groups in total. The second-order valence-corrected chi connectivity index (χ2v) is 11.4. The van der Waals surface area contributed by atoms with Crippen molar-refractivity contribution in [2.75, 3.05) is 31.1 Å². The molecule has 6 nitrogen and oxygen atoms in total. The lowest BCUT2D eigenvalue weighted by Gasteiger charge is -2.42. The maximum absolute atomic E-state index is 13.3. The molecule has 0 aromatic heterocycles. The van der Waals surface area contributed by atoms with E-state index in [-0.39, 0.29) is 29.6 Å². The van der Waals surface area contributed by atoms with Gasteiger partial charge < -0.3 is 15.3 Å². The Kier molecular flexibility index (Phi) is 6.96. The van der Waals surface area contributed by atoms with Crippen molar-refractivity contribution in [2.24, 2.45) is 0 Å². The molecule has 11 heteroatoms. The number of nitrogens with one attached hydrogen (secondary N) is 1. The summed E-state index contributed by atoms with van der Waals surface area (Å²) in [6.45, 7) is 2.10. The van der Waals surface area contributed by atoms with Crippen LogP contribution in [0.2, 0.25) is 0 Å². The zero-order valence-electron chi connectivity index (χ0n) is 18.7. The Morgan fingerprint density at radius 3 is 2.32 bits per heavy atom. The summed E-state index contributed by atoms with van der Waals surface area (Å²) in [5.41, 5.74) is -2.52. The van der Waals surface area contributed by atoms with Crippen molar-refractivity contribution < 1.29 is 26.7 Å². The van der Waals surface area contributed by atoms with Crippen LogP contribution in [0.3, 0.4) is 0 Å². The normalized spacial score (nSPS) is 21.9. The van der Waals surface area contributed by atoms with Gasteiger partial charge in [-0.25, -0.2) is 8.42 Å². The smallest absolute Gasteiger partial charge is 0.376 e. The summed E-state index contributed by atoms with van der Waals surface area (Å²) < 4.78 is 67.7. The molecule has 2 aromatic rings. The van der Waals surface area contributed by atoms with E-state index in [1.54, 1.807) is 30.3 Å². The number of hydrogen-bond acceptors (Lipinski definition) is 6. The quantitative estimate of drug-likeness (QED) is 0.494. The molecule has 0 amide bonds. The van der Waals surface area contributed by atoms with Crippen molar-refractivity contribution >= 4 is 28.3 Å². The number of nitrogens with zero attached hydrogens (tertiary/aromatic N) is 2. The Morgan fingerprint density at radius 2 is 1.74 bits per heavy atom. The van der Waals surface area contributed by atoms with Gasteiger partial charge in [-0.1, -0.05) is 24.3 Å². The maximum Gasteiger partial charge on any atom is 0.421 e. The molecule has 34 heavy (non-hydrogen) atoms. The first kappa shape index (κ1) is 25.3. The molecule has 1 saturated carbocycles. The van der Waals surface area contributed by atoms with Gasteiger partial charge in [-0.05, 0) is 49.6 Å². The Labute approximate surface area is 203 Å². The summed E-state index contributed by atoms with van der Waals surface area (Å²) in [4.78, 5) is 2.55. The number of thiol groups is 1. The molecule has 0 radical (unpaired) electrons. The molecule has 1 aliphatic heterocycles. The summed E-state index contributed by atoms with van der Waals surface area (Å²) >= 11 is 4.31. The molecule has 186 valence electrons. The first-order chi connectivity index (χ1) is 15.9. The number of hydrogen-bond donors (Lipinski definition) is 3. The third-order valence-corrected chi connectivity index (χ3v) is 8.93. The average Bonchev–Trinajstić information content (AvgIpc) is 3.61. The molecule has 1 aliphatic carbocycles. The van der Waals surface area contributed by atoms with Gasteiger partial charge in [0.25, 0.3) is 0 Å². The average molecular weight is 516 g/mol. The third kappa shape index (κ3) is 5.08. The van der Waals surface area contributed by atoms with Crippen LogP contribution in [0, 0.1) is 0 Å². The van der Waals surface area contributed by atoms with E-state index in [0.29, 0.717) is 29.7 Å². The van der Waals surface area contributed by atoms with Gasteiger partial charge >= 0.3 is 6.18 Å². The van der Waals surface area contributed by atoms with Crippen molar-refractivity contribution in [3.63, 3.8) is 0 Å². The summed E-state index contributed by atoms with van der Waals surface area (Å²) in [6, 6.07) is 12.4. The molecule has 1 heterocycles. The highest BCUT2D eigenvalue weighted by Crippen LogP contribution is 2.39. The highest BCUT2D eigenvalue weighted by atomic mass is 32.2. The summed E-state index contributed by atoms with van der Waals surface area (Å²) in [7, 11) is -3.75. The molecule has 0 spiro atoms. The second kappa shape index (κ2) is 9.34. The van der Waals surface area contributed by atoms with Gasteiger partial charge in [-0.2, -0.15) is 17.5 Å².